The van der Waals surface area contributed by atoms with E-state index in [2.05, 4.69) is 31.2 Å². The van der Waals surface area contributed by atoms with Crippen LogP contribution in [-0.4, -0.2) is 9.97 Å². The van der Waals surface area contributed by atoms with Crippen LogP contribution in [-0.2, 0) is 0 Å². The van der Waals surface area contributed by atoms with Gasteiger partial charge in [0.2, 0.25) is 0 Å². The van der Waals surface area contributed by atoms with Crippen LogP contribution in [0.2, 0.25) is 5.02 Å². The molecule has 19 heavy (non-hydrogen) atoms. The largest absolute Gasteiger partial charge is 0.338 e. The number of fused-ring (bicyclic) bond motifs is 1. The fourth-order valence-electron chi connectivity index (χ4n) is 1.86. The van der Waals surface area contributed by atoms with Gasteiger partial charge in [-0.25, -0.2) is 4.98 Å². The molecule has 3 nitrogen and oxygen atoms in total. The van der Waals surface area contributed by atoms with Crippen molar-refractivity contribution in [1.29, 1.82) is 0 Å². The number of benzene rings is 1. The quantitative estimate of drug-likeness (QED) is 0.732. The zero-order chi connectivity index (χ0) is 13.2. The predicted molar refractivity (Wildman–Crippen MR) is 82.0 cm³/mol. The minimum absolute atomic E-state index is 0.565. The normalized spacial score (nSPS) is 10.6. The van der Waals surface area contributed by atoms with Gasteiger partial charge in [0.05, 0.1) is 5.02 Å². The lowest BCUT2D eigenvalue weighted by Gasteiger charge is -2.10. The van der Waals surface area contributed by atoms with Gasteiger partial charge < -0.3 is 5.32 Å². The molecule has 0 saturated carbocycles. The van der Waals surface area contributed by atoms with E-state index in [1.807, 2.05) is 30.5 Å². The summed E-state index contributed by atoms with van der Waals surface area (Å²) < 4.78 is 0.850. The van der Waals surface area contributed by atoms with Gasteiger partial charge in [0, 0.05) is 34.1 Å². The topological polar surface area (TPSA) is 37.8 Å². The average molecular weight is 335 g/mol. The van der Waals surface area contributed by atoms with Crippen molar-refractivity contribution in [3.63, 3.8) is 0 Å². The summed E-state index contributed by atoms with van der Waals surface area (Å²) in [4.78, 5) is 8.42. The molecule has 2 aromatic heterocycles. The third-order valence-electron chi connectivity index (χ3n) is 2.74. The molecule has 5 heteroatoms. The van der Waals surface area contributed by atoms with Gasteiger partial charge in [-0.1, -0.05) is 23.7 Å². The number of nitrogens with one attached hydrogen (secondary N) is 1. The van der Waals surface area contributed by atoms with Crippen LogP contribution in [0.1, 0.15) is 0 Å². The molecule has 3 aromatic rings. The Hall–Kier alpha value is -1.65. The Balaban J connectivity index is 2.06. The van der Waals surface area contributed by atoms with Gasteiger partial charge in [-0.3, -0.25) is 4.98 Å². The minimum Gasteiger partial charge on any atom is -0.338 e. The van der Waals surface area contributed by atoms with Gasteiger partial charge in [0.25, 0.3) is 0 Å². The number of halogens is 2. The Labute approximate surface area is 123 Å². The van der Waals surface area contributed by atoms with Crippen LogP contribution < -0.4 is 5.32 Å². The van der Waals surface area contributed by atoms with Crippen molar-refractivity contribution in [2.24, 2.45) is 0 Å². The lowest BCUT2D eigenvalue weighted by molar-refractivity contribution is 1.29. The first-order valence-electron chi connectivity index (χ1n) is 5.65. The molecule has 3 rings (SSSR count). The van der Waals surface area contributed by atoms with Crippen molar-refractivity contribution < 1.29 is 0 Å². The Bertz CT molecular complexity index is 740. The Morgan fingerprint density at radius 1 is 1.16 bits per heavy atom. The molecule has 94 valence electrons. The van der Waals surface area contributed by atoms with Crippen molar-refractivity contribution in [3.8, 4) is 0 Å². The fourth-order valence-corrected chi connectivity index (χ4v) is 2.53. The number of rotatable bonds is 2. The van der Waals surface area contributed by atoms with Crippen LogP contribution in [0, 0.1) is 0 Å². The SMILES string of the molecule is Clc1cc(Br)cnc1Nc1cccc2ccncc12. The molecule has 0 aliphatic rings. The summed E-state index contributed by atoms with van der Waals surface area (Å²) >= 11 is 9.50. The molecule has 0 atom stereocenters. The maximum atomic E-state index is 6.16. The summed E-state index contributed by atoms with van der Waals surface area (Å²) in [6.07, 6.45) is 5.30. The van der Waals surface area contributed by atoms with Crippen LogP contribution in [0.25, 0.3) is 10.8 Å². The Kier molecular flexibility index (Phi) is 3.36. The molecular weight excluding hydrogens is 326 g/mol. The second-order valence-corrected chi connectivity index (χ2v) is 5.33. The van der Waals surface area contributed by atoms with Crippen LogP contribution in [0.4, 0.5) is 11.5 Å². The Morgan fingerprint density at radius 3 is 2.89 bits per heavy atom. The molecule has 0 amide bonds. The fraction of sp³-hybridized carbons (Fsp3) is 0. The summed E-state index contributed by atoms with van der Waals surface area (Å²) in [5, 5.41) is 5.96. The van der Waals surface area contributed by atoms with E-state index in [-0.39, 0.29) is 0 Å². The second kappa shape index (κ2) is 5.15. The van der Waals surface area contributed by atoms with Crippen LogP contribution >= 0.6 is 27.5 Å². The minimum atomic E-state index is 0.565. The molecule has 0 radical (unpaired) electrons. The predicted octanol–water partition coefficient (Wildman–Crippen LogP) is 4.79. The molecule has 0 aliphatic carbocycles. The van der Waals surface area contributed by atoms with E-state index in [1.54, 1.807) is 18.5 Å². The molecule has 0 unspecified atom stereocenters. The van der Waals surface area contributed by atoms with Crippen LogP contribution in [0.5, 0.6) is 0 Å². The second-order valence-electron chi connectivity index (χ2n) is 4.01. The first-order chi connectivity index (χ1) is 9.24. The van der Waals surface area contributed by atoms with E-state index in [0.29, 0.717) is 10.8 Å². The zero-order valence-electron chi connectivity index (χ0n) is 9.77. The summed E-state index contributed by atoms with van der Waals surface area (Å²) in [7, 11) is 0. The molecule has 0 saturated heterocycles. The summed E-state index contributed by atoms with van der Waals surface area (Å²) in [6.45, 7) is 0. The van der Waals surface area contributed by atoms with E-state index in [9.17, 15) is 0 Å². The molecule has 2 heterocycles. The highest BCUT2D eigenvalue weighted by molar-refractivity contribution is 9.10. The Morgan fingerprint density at radius 2 is 2.05 bits per heavy atom. The molecule has 1 N–H and O–H groups in total. The number of nitrogens with zero attached hydrogens (tertiary/aromatic N) is 2. The summed E-state index contributed by atoms with van der Waals surface area (Å²) in [5.74, 6) is 0.626. The van der Waals surface area contributed by atoms with E-state index < -0.39 is 0 Å². The maximum Gasteiger partial charge on any atom is 0.149 e. The molecular formula is C14H9BrClN3. The number of pyridine rings is 2. The highest BCUT2D eigenvalue weighted by atomic mass is 79.9. The highest BCUT2D eigenvalue weighted by Gasteiger charge is 2.06. The van der Waals surface area contributed by atoms with Gasteiger partial charge in [0.15, 0.2) is 0 Å². The van der Waals surface area contributed by atoms with Crippen molar-refractivity contribution in [1.82, 2.24) is 9.97 Å². The number of aromatic nitrogens is 2. The first kappa shape index (κ1) is 12.4. The number of hydrogen-bond donors (Lipinski definition) is 1. The summed E-state index contributed by atoms with van der Waals surface area (Å²) in [6, 6.07) is 9.78. The van der Waals surface area contributed by atoms with Crippen molar-refractivity contribution in [2.45, 2.75) is 0 Å². The van der Waals surface area contributed by atoms with Crippen molar-refractivity contribution in [3.05, 3.63) is 58.4 Å². The van der Waals surface area contributed by atoms with E-state index in [4.69, 9.17) is 11.6 Å². The van der Waals surface area contributed by atoms with Gasteiger partial charge in [-0.15, -0.1) is 0 Å². The third kappa shape index (κ3) is 2.55. The molecule has 0 aliphatic heterocycles. The lowest BCUT2D eigenvalue weighted by Crippen LogP contribution is -1.95. The smallest absolute Gasteiger partial charge is 0.149 e. The molecule has 0 bridgehead atoms. The first-order valence-corrected chi connectivity index (χ1v) is 6.82. The third-order valence-corrected chi connectivity index (χ3v) is 3.47. The summed E-state index contributed by atoms with van der Waals surface area (Å²) in [5.41, 5.74) is 0.933. The van der Waals surface area contributed by atoms with E-state index in [1.165, 1.54) is 0 Å². The van der Waals surface area contributed by atoms with E-state index in [0.717, 1.165) is 20.9 Å². The average Bonchev–Trinajstić information content (AvgIpc) is 2.42. The number of hydrogen-bond acceptors (Lipinski definition) is 3. The monoisotopic (exact) mass is 333 g/mol. The van der Waals surface area contributed by atoms with Crippen molar-refractivity contribution >= 4 is 49.8 Å². The maximum absolute atomic E-state index is 6.16. The van der Waals surface area contributed by atoms with Gasteiger partial charge in [-0.2, -0.15) is 0 Å². The van der Waals surface area contributed by atoms with Gasteiger partial charge >= 0.3 is 0 Å². The molecule has 1 aromatic carbocycles. The van der Waals surface area contributed by atoms with Gasteiger partial charge in [0.1, 0.15) is 5.82 Å². The van der Waals surface area contributed by atoms with Crippen molar-refractivity contribution in [2.75, 3.05) is 5.32 Å². The van der Waals surface area contributed by atoms with Crippen LogP contribution in [0.3, 0.4) is 0 Å². The van der Waals surface area contributed by atoms with Crippen LogP contribution in [0.15, 0.2) is 53.4 Å². The molecule has 0 spiro atoms. The zero-order valence-corrected chi connectivity index (χ0v) is 12.1. The standard InChI is InChI=1S/C14H9BrClN3/c15-10-6-12(16)14(18-7-10)19-13-3-1-2-9-4-5-17-8-11(9)13/h1-8H,(H,18,19). The van der Waals surface area contributed by atoms with Gasteiger partial charge in [-0.05, 0) is 39.5 Å². The van der Waals surface area contributed by atoms with E-state index >= 15 is 0 Å². The highest BCUT2D eigenvalue weighted by Crippen LogP contribution is 2.29. The number of anilines is 2. The lowest BCUT2D eigenvalue weighted by atomic mass is 10.1. The molecule has 0 fully saturated rings.